The number of anilines is 1. The van der Waals surface area contributed by atoms with Gasteiger partial charge < -0.3 is 0 Å². The van der Waals surface area contributed by atoms with E-state index in [9.17, 15) is 8.42 Å². The maximum atomic E-state index is 12.4. The van der Waals surface area contributed by atoms with Gasteiger partial charge in [-0.15, -0.1) is 0 Å². The molecule has 0 amide bonds. The minimum atomic E-state index is -3.67. The van der Waals surface area contributed by atoms with E-state index in [0.29, 0.717) is 10.5 Å². The Hall–Kier alpha value is -1.95. The quantitative estimate of drug-likeness (QED) is 0.933. The summed E-state index contributed by atoms with van der Waals surface area (Å²) in [5, 5.41) is 0. The molecule has 100 valence electrons. The monoisotopic (exact) mass is 277 g/mol. The van der Waals surface area contributed by atoms with Crippen LogP contribution in [0.4, 0.5) is 5.95 Å². The van der Waals surface area contributed by atoms with Crippen LogP contribution in [0.1, 0.15) is 16.7 Å². The van der Waals surface area contributed by atoms with E-state index in [0.717, 1.165) is 11.1 Å². The molecule has 0 aliphatic rings. The molecule has 5 nitrogen and oxygen atoms in total. The van der Waals surface area contributed by atoms with Crippen LogP contribution in [-0.2, 0) is 10.0 Å². The van der Waals surface area contributed by atoms with Gasteiger partial charge in [0.25, 0.3) is 10.0 Å². The highest BCUT2D eigenvalue weighted by molar-refractivity contribution is 7.92. The van der Waals surface area contributed by atoms with Crippen molar-refractivity contribution in [2.24, 2.45) is 0 Å². The second kappa shape index (κ2) is 4.97. The molecule has 0 saturated heterocycles. The van der Waals surface area contributed by atoms with Crippen LogP contribution in [0.5, 0.6) is 0 Å². The van der Waals surface area contributed by atoms with E-state index in [1.54, 1.807) is 26.0 Å². The largest absolute Gasteiger partial charge is 0.264 e. The van der Waals surface area contributed by atoms with Crippen LogP contribution < -0.4 is 4.72 Å². The lowest BCUT2D eigenvalue weighted by Gasteiger charge is -2.13. The molecule has 1 aromatic carbocycles. The first kappa shape index (κ1) is 13.5. The van der Waals surface area contributed by atoms with Gasteiger partial charge in [-0.05, 0) is 43.5 Å². The first-order valence-corrected chi connectivity index (χ1v) is 7.27. The third kappa shape index (κ3) is 2.73. The third-order valence-corrected chi connectivity index (χ3v) is 4.55. The molecular weight excluding hydrogens is 262 g/mol. The number of nitrogens with zero attached hydrogens (tertiary/aromatic N) is 2. The molecule has 19 heavy (non-hydrogen) atoms. The minimum Gasteiger partial charge on any atom is -0.247 e. The van der Waals surface area contributed by atoms with Crippen molar-refractivity contribution < 1.29 is 8.42 Å². The third-order valence-electron chi connectivity index (χ3n) is 2.93. The molecule has 0 unspecified atom stereocenters. The van der Waals surface area contributed by atoms with E-state index in [2.05, 4.69) is 14.7 Å². The average Bonchev–Trinajstić information content (AvgIpc) is 2.35. The SMILES string of the molecule is Cc1ccc(C)c(S(=O)(=O)Nc2ncccn2)c1C. The Labute approximate surface area is 112 Å². The molecular formula is C13H15N3O2S. The fourth-order valence-corrected chi connectivity index (χ4v) is 3.37. The summed E-state index contributed by atoms with van der Waals surface area (Å²) in [6.45, 7) is 5.45. The Bertz CT molecular complexity index is 697. The Balaban J connectivity index is 2.49. The lowest BCUT2D eigenvalue weighted by Crippen LogP contribution is -2.17. The summed E-state index contributed by atoms with van der Waals surface area (Å²) in [5.41, 5.74) is 2.37. The average molecular weight is 277 g/mol. The van der Waals surface area contributed by atoms with Crippen molar-refractivity contribution in [1.29, 1.82) is 0 Å². The highest BCUT2D eigenvalue weighted by atomic mass is 32.2. The summed E-state index contributed by atoms with van der Waals surface area (Å²) in [6.07, 6.45) is 2.97. The highest BCUT2D eigenvalue weighted by Gasteiger charge is 2.21. The van der Waals surface area contributed by atoms with Gasteiger partial charge in [-0.3, -0.25) is 0 Å². The van der Waals surface area contributed by atoms with Crippen LogP contribution in [0.25, 0.3) is 0 Å². The second-order valence-corrected chi connectivity index (χ2v) is 5.95. The molecule has 0 atom stereocenters. The first-order chi connectivity index (χ1) is 8.92. The molecule has 0 spiro atoms. The van der Waals surface area contributed by atoms with Gasteiger partial charge in [0.15, 0.2) is 0 Å². The van der Waals surface area contributed by atoms with Crippen LogP contribution in [0.15, 0.2) is 35.5 Å². The Morgan fingerprint density at radius 3 is 2.21 bits per heavy atom. The van der Waals surface area contributed by atoms with Crippen molar-refractivity contribution in [3.05, 3.63) is 47.3 Å². The fraction of sp³-hybridized carbons (Fsp3) is 0.231. The number of aromatic nitrogens is 2. The zero-order valence-corrected chi connectivity index (χ0v) is 11.8. The fourth-order valence-electron chi connectivity index (χ4n) is 1.86. The zero-order chi connectivity index (χ0) is 14.0. The molecule has 0 aliphatic heterocycles. The predicted molar refractivity (Wildman–Crippen MR) is 73.5 cm³/mol. The van der Waals surface area contributed by atoms with E-state index < -0.39 is 10.0 Å². The van der Waals surface area contributed by atoms with Crippen LogP contribution in [-0.4, -0.2) is 18.4 Å². The molecule has 0 saturated carbocycles. The van der Waals surface area contributed by atoms with E-state index in [4.69, 9.17) is 0 Å². The van der Waals surface area contributed by atoms with Gasteiger partial charge in [-0.25, -0.2) is 23.1 Å². The van der Waals surface area contributed by atoms with Crippen molar-refractivity contribution in [1.82, 2.24) is 9.97 Å². The summed E-state index contributed by atoms with van der Waals surface area (Å²) >= 11 is 0. The molecule has 1 heterocycles. The van der Waals surface area contributed by atoms with Gasteiger partial charge in [0.2, 0.25) is 5.95 Å². The minimum absolute atomic E-state index is 0.0720. The molecule has 1 N–H and O–H groups in total. The van der Waals surface area contributed by atoms with Crippen LogP contribution in [0, 0.1) is 20.8 Å². The summed E-state index contributed by atoms with van der Waals surface area (Å²) in [4.78, 5) is 8.03. The van der Waals surface area contributed by atoms with E-state index in [1.807, 2.05) is 13.0 Å². The maximum Gasteiger partial charge on any atom is 0.264 e. The molecule has 0 fully saturated rings. The van der Waals surface area contributed by atoms with Gasteiger partial charge in [-0.1, -0.05) is 12.1 Å². The lowest BCUT2D eigenvalue weighted by molar-refractivity contribution is 0.599. The van der Waals surface area contributed by atoms with Crippen molar-refractivity contribution in [3.8, 4) is 0 Å². The lowest BCUT2D eigenvalue weighted by atomic mass is 10.1. The van der Waals surface area contributed by atoms with Crippen LogP contribution in [0.2, 0.25) is 0 Å². The number of benzene rings is 1. The van der Waals surface area contributed by atoms with Crippen molar-refractivity contribution >= 4 is 16.0 Å². The summed E-state index contributed by atoms with van der Waals surface area (Å²) < 4.78 is 27.2. The number of hydrogen-bond acceptors (Lipinski definition) is 4. The first-order valence-electron chi connectivity index (χ1n) is 5.78. The maximum absolute atomic E-state index is 12.4. The van der Waals surface area contributed by atoms with Crippen molar-refractivity contribution in [2.45, 2.75) is 25.7 Å². The molecule has 0 aliphatic carbocycles. The number of sulfonamides is 1. The second-order valence-electron chi connectivity index (χ2n) is 4.33. The van der Waals surface area contributed by atoms with E-state index in [-0.39, 0.29) is 5.95 Å². The van der Waals surface area contributed by atoms with Crippen molar-refractivity contribution in [3.63, 3.8) is 0 Å². The predicted octanol–water partition coefficient (Wildman–Crippen LogP) is 2.20. The molecule has 0 radical (unpaired) electrons. The molecule has 2 aromatic rings. The molecule has 0 bridgehead atoms. The standard InChI is InChI=1S/C13H15N3O2S/c1-9-5-6-10(2)12(11(9)3)19(17,18)16-13-14-7-4-8-15-13/h4-8H,1-3H3,(H,14,15,16). The van der Waals surface area contributed by atoms with Gasteiger partial charge in [0, 0.05) is 12.4 Å². The highest BCUT2D eigenvalue weighted by Crippen LogP contribution is 2.24. The Morgan fingerprint density at radius 1 is 1.00 bits per heavy atom. The van der Waals surface area contributed by atoms with Gasteiger partial charge in [-0.2, -0.15) is 0 Å². The van der Waals surface area contributed by atoms with Crippen molar-refractivity contribution in [2.75, 3.05) is 4.72 Å². The summed E-state index contributed by atoms with van der Waals surface area (Å²) in [5.74, 6) is 0.0720. The summed E-state index contributed by atoms with van der Waals surface area (Å²) in [7, 11) is -3.67. The molecule has 6 heteroatoms. The zero-order valence-electron chi connectivity index (χ0n) is 11.0. The number of aryl methyl sites for hydroxylation is 2. The Kier molecular flexibility index (Phi) is 3.53. The number of rotatable bonds is 3. The van der Waals surface area contributed by atoms with Gasteiger partial charge in [0.1, 0.15) is 0 Å². The van der Waals surface area contributed by atoms with E-state index >= 15 is 0 Å². The van der Waals surface area contributed by atoms with Gasteiger partial charge in [0.05, 0.1) is 4.90 Å². The Morgan fingerprint density at radius 2 is 1.58 bits per heavy atom. The van der Waals surface area contributed by atoms with Crippen LogP contribution in [0.3, 0.4) is 0 Å². The summed E-state index contributed by atoms with van der Waals surface area (Å²) in [6, 6.07) is 5.33. The normalized spacial score (nSPS) is 11.3. The van der Waals surface area contributed by atoms with Gasteiger partial charge >= 0.3 is 0 Å². The molecule has 1 aromatic heterocycles. The topological polar surface area (TPSA) is 72.0 Å². The van der Waals surface area contributed by atoms with Crippen LogP contribution >= 0.6 is 0 Å². The smallest absolute Gasteiger partial charge is 0.247 e. The van der Waals surface area contributed by atoms with E-state index in [1.165, 1.54) is 12.4 Å². The molecule has 2 rings (SSSR count). The number of nitrogens with one attached hydrogen (secondary N) is 1. The number of hydrogen-bond donors (Lipinski definition) is 1.